The molecular formula is C29H28ClN5O8S. The van der Waals surface area contributed by atoms with Crippen molar-refractivity contribution in [1.29, 1.82) is 0 Å². The Morgan fingerprint density at radius 3 is 2.32 bits per heavy atom. The van der Waals surface area contributed by atoms with Crippen LogP contribution in [0.3, 0.4) is 0 Å². The number of rotatable bonds is 8. The highest BCUT2D eigenvalue weighted by Crippen LogP contribution is 2.23. The summed E-state index contributed by atoms with van der Waals surface area (Å²) < 4.78 is 42.1. The zero-order valence-electron chi connectivity index (χ0n) is 23.7. The lowest BCUT2D eigenvalue weighted by Gasteiger charge is -2.34. The van der Waals surface area contributed by atoms with Gasteiger partial charge in [-0.15, -0.1) is 0 Å². The number of sulfonamides is 1. The van der Waals surface area contributed by atoms with Gasteiger partial charge in [0, 0.05) is 38.2 Å². The Hall–Kier alpha value is -4.82. The van der Waals surface area contributed by atoms with Crippen LogP contribution >= 0.6 is 11.6 Å². The van der Waals surface area contributed by atoms with E-state index in [2.05, 4.69) is 4.72 Å². The molecule has 13 nitrogen and oxygen atoms in total. The van der Waals surface area contributed by atoms with Crippen LogP contribution in [0.2, 0.25) is 5.02 Å². The van der Waals surface area contributed by atoms with E-state index >= 15 is 0 Å². The highest BCUT2D eigenvalue weighted by Gasteiger charge is 2.28. The highest BCUT2D eigenvalue weighted by molar-refractivity contribution is 7.92. The Labute approximate surface area is 257 Å². The van der Waals surface area contributed by atoms with Gasteiger partial charge in [0.15, 0.2) is 12.4 Å². The van der Waals surface area contributed by atoms with Gasteiger partial charge < -0.3 is 19.0 Å². The molecule has 0 atom stereocenters. The summed E-state index contributed by atoms with van der Waals surface area (Å²) >= 11 is 6.15. The molecule has 0 spiro atoms. The summed E-state index contributed by atoms with van der Waals surface area (Å²) in [4.78, 5) is 53.8. The van der Waals surface area contributed by atoms with Crippen LogP contribution in [0.1, 0.15) is 26.6 Å². The molecule has 0 bridgehead atoms. The van der Waals surface area contributed by atoms with Crippen LogP contribution in [-0.2, 0) is 26.6 Å². The third kappa shape index (κ3) is 6.26. The second-order valence-electron chi connectivity index (χ2n) is 9.94. The number of carbonyl (C=O) groups excluding carboxylic acids is 3. The predicted octanol–water partition coefficient (Wildman–Crippen LogP) is 2.67. The zero-order valence-corrected chi connectivity index (χ0v) is 25.3. The maximum atomic E-state index is 13.3. The average Bonchev–Trinajstić information content (AvgIpc) is 3.63. The van der Waals surface area contributed by atoms with E-state index in [1.807, 2.05) is 0 Å². The molecule has 3 heterocycles. The van der Waals surface area contributed by atoms with Gasteiger partial charge >= 0.3 is 5.97 Å². The Bertz CT molecular complexity index is 1880. The molecule has 0 unspecified atom stereocenters. The normalized spacial score (nSPS) is 13.5. The molecule has 2 aromatic carbocycles. The van der Waals surface area contributed by atoms with Gasteiger partial charge in [-0.2, -0.15) is 0 Å². The van der Waals surface area contributed by atoms with Crippen LogP contribution in [0.25, 0.3) is 5.69 Å². The lowest BCUT2D eigenvalue weighted by molar-refractivity contribution is -0.136. The van der Waals surface area contributed by atoms with Crippen molar-refractivity contribution < 1.29 is 32.0 Å². The van der Waals surface area contributed by atoms with Gasteiger partial charge in [0.2, 0.25) is 0 Å². The number of piperazine rings is 1. The van der Waals surface area contributed by atoms with Gasteiger partial charge in [0.1, 0.15) is 5.69 Å². The number of hydrogen-bond donors (Lipinski definition) is 1. The number of carbonyl (C=O) groups is 3. The van der Waals surface area contributed by atoms with Crippen LogP contribution in [0.4, 0.5) is 5.69 Å². The number of benzene rings is 2. The van der Waals surface area contributed by atoms with E-state index in [1.165, 1.54) is 26.6 Å². The molecule has 1 aliphatic heterocycles. The van der Waals surface area contributed by atoms with Gasteiger partial charge in [-0.05, 0) is 49.4 Å². The largest absolute Gasteiger partial charge is 0.459 e. The lowest BCUT2D eigenvalue weighted by atomic mass is 10.2. The van der Waals surface area contributed by atoms with Crippen molar-refractivity contribution in [1.82, 2.24) is 19.2 Å². The van der Waals surface area contributed by atoms with Gasteiger partial charge in [0.25, 0.3) is 27.4 Å². The third-order valence-corrected chi connectivity index (χ3v) is 8.73. The molecule has 15 heteroatoms. The fourth-order valence-corrected chi connectivity index (χ4v) is 6.22. The maximum absolute atomic E-state index is 13.3. The molecular weight excluding hydrogens is 614 g/mol. The smallest absolute Gasteiger partial charge is 0.338 e. The van der Waals surface area contributed by atoms with Crippen LogP contribution in [0.15, 0.2) is 81.0 Å². The first-order valence-electron chi connectivity index (χ1n) is 13.4. The molecule has 5 rings (SSSR count). The topological polar surface area (TPSA) is 153 Å². The number of ether oxygens (including phenoxy) is 1. The molecule has 230 valence electrons. The summed E-state index contributed by atoms with van der Waals surface area (Å²) in [6.45, 7) is 2.02. The highest BCUT2D eigenvalue weighted by atomic mass is 35.5. The van der Waals surface area contributed by atoms with Crippen LogP contribution in [-0.4, -0.2) is 78.2 Å². The molecule has 0 radical (unpaired) electrons. The molecule has 2 aromatic heterocycles. The number of hydrogen-bond acceptors (Lipinski definition) is 8. The van der Waals surface area contributed by atoms with E-state index in [-0.39, 0.29) is 59.0 Å². The van der Waals surface area contributed by atoms with Gasteiger partial charge in [-0.3, -0.25) is 23.8 Å². The van der Waals surface area contributed by atoms with Crippen molar-refractivity contribution in [3.63, 3.8) is 0 Å². The zero-order chi connectivity index (χ0) is 31.6. The fourth-order valence-electron chi connectivity index (χ4n) is 4.73. The Morgan fingerprint density at radius 2 is 1.66 bits per heavy atom. The molecule has 1 aliphatic rings. The van der Waals surface area contributed by atoms with Crippen molar-refractivity contribution >= 4 is 45.1 Å². The number of nitrogens with one attached hydrogen (secondary N) is 1. The summed E-state index contributed by atoms with van der Waals surface area (Å²) in [7, 11) is -2.76. The van der Waals surface area contributed by atoms with Crippen molar-refractivity contribution in [2.45, 2.75) is 11.8 Å². The number of aromatic nitrogens is 2. The second kappa shape index (κ2) is 12.4. The fraction of sp³-hybridized carbons (Fsp3) is 0.241. The average molecular weight is 642 g/mol. The van der Waals surface area contributed by atoms with E-state index < -0.39 is 34.1 Å². The van der Waals surface area contributed by atoms with Gasteiger partial charge in [0.05, 0.1) is 28.1 Å². The first-order chi connectivity index (χ1) is 21.0. The van der Waals surface area contributed by atoms with Crippen molar-refractivity contribution in [2.24, 2.45) is 7.05 Å². The van der Waals surface area contributed by atoms with Crippen molar-refractivity contribution in [2.75, 3.05) is 37.5 Å². The number of para-hydroxylation sites is 1. The van der Waals surface area contributed by atoms with Crippen LogP contribution in [0, 0.1) is 6.92 Å². The lowest BCUT2D eigenvalue weighted by Crippen LogP contribution is -2.51. The Kier molecular flexibility index (Phi) is 8.65. The molecule has 4 aromatic rings. The summed E-state index contributed by atoms with van der Waals surface area (Å²) in [5.41, 5.74) is -0.0666. The van der Waals surface area contributed by atoms with Crippen molar-refractivity contribution in [3.05, 3.63) is 99.3 Å². The first-order valence-corrected chi connectivity index (χ1v) is 15.3. The summed E-state index contributed by atoms with van der Waals surface area (Å²) in [5, 5.41) is -0.0741. The molecule has 44 heavy (non-hydrogen) atoms. The molecule has 0 aliphatic carbocycles. The predicted molar refractivity (Wildman–Crippen MR) is 159 cm³/mol. The van der Waals surface area contributed by atoms with Gasteiger partial charge in [-0.25, -0.2) is 17.9 Å². The number of anilines is 1. The second-order valence-corrected chi connectivity index (χ2v) is 12.1. The van der Waals surface area contributed by atoms with E-state index in [1.54, 1.807) is 61.3 Å². The van der Waals surface area contributed by atoms with Gasteiger partial charge in [-0.1, -0.05) is 29.8 Å². The summed E-state index contributed by atoms with van der Waals surface area (Å²) in [6, 6.07) is 15.3. The molecule has 1 fully saturated rings. The number of nitrogens with zero attached hydrogens (tertiary/aromatic N) is 4. The minimum absolute atomic E-state index is 0.0741. The monoisotopic (exact) mass is 641 g/mol. The van der Waals surface area contributed by atoms with E-state index in [0.717, 1.165) is 12.1 Å². The molecule has 1 saturated heterocycles. The number of esters is 1. The number of halogens is 1. The van der Waals surface area contributed by atoms with E-state index in [0.29, 0.717) is 11.4 Å². The standard InChI is InChI=1S/C29H28ClN5O8S/c1-19-26(28(38)35(32(19)2)22-7-4-3-5-8-22)31-44(40,41)23-16-20(15-21(30)17-23)29(39)43-18-25(36)33-10-12-34(13-11-33)27(37)24-9-6-14-42-24/h3-9,14-17,31H,10-13,18H2,1-2H3. The van der Waals surface area contributed by atoms with E-state index in [9.17, 15) is 27.6 Å². The van der Waals surface area contributed by atoms with Crippen LogP contribution < -0.4 is 10.3 Å². The third-order valence-electron chi connectivity index (χ3n) is 7.19. The minimum Gasteiger partial charge on any atom is -0.459 e. The summed E-state index contributed by atoms with van der Waals surface area (Å²) in [5.74, 6) is -1.51. The quantitative estimate of drug-likeness (QED) is 0.288. The summed E-state index contributed by atoms with van der Waals surface area (Å²) in [6.07, 6.45) is 1.41. The minimum atomic E-state index is -4.38. The van der Waals surface area contributed by atoms with Crippen molar-refractivity contribution in [3.8, 4) is 5.69 Å². The molecule has 2 amide bonds. The molecule has 1 N–H and O–H groups in total. The van der Waals surface area contributed by atoms with E-state index in [4.69, 9.17) is 20.8 Å². The number of amides is 2. The molecule has 0 saturated carbocycles. The van der Waals surface area contributed by atoms with Crippen LogP contribution in [0.5, 0.6) is 0 Å². The number of furan rings is 1. The maximum Gasteiger partial charge on any atom is 0.338 e. The first kappa shape index (κ1) is 30.6. The SMILES string of the molecule is Cc1c(NS(=O)(=O)c2cc(Cl)cc(C(=O)OCC(=O)N3CCN(C(=O)c4ccco4)CC3)c2)c(=O)n(-c2ccccc2)n1C. The Morgan fingerprint density at radius 1 is 0.977 bits per heavy atom. The Balaban J connectivity index is 1.24.